The molecule has 2 aliphatic carbocycles. The highest BCUT2D eigenvalue weighted by atomic mass is 79.9. The van der Waals surface area contributed by atoms with Crippen molar-refractivity contribution in [3.05, 3.63) is 81.7 Å². The average Bonchev–Trinajstić information content (AvgIpc) is 3.41. The van der Waals surface area contributed by atoms with Gasteiger partial charge in [0.2, 0.25) is 0 Å². The zero-order valence-electron chi connectivity index (χ0n) is 18.8. The van der Waals surface area contributed by atoms with Crippen molar-refractivity contribution < 1.29 is 0 Å². The van der Waals surface area contributed by atoms with E-state index in [1.54, 1.807) is 17.3 Å². The van der Waals surface area contributed by atoms with E-state index in [1.165, 1.54) is 11.1 Å². The smallest absolute Gasteiger partial charge is 0.161 e. The maximum Gasteiger partial charge on any atom is 0.161 e. The van der Waals surface area contributed by atoms with Gasteiger partial charge in [-0.3, -0.25) is 4.98 Å². The summed E-state index contributed by atoms with van der Waals surface area (Å²) >= 11 is 3.55. The molecule has 0 aliphatic heterocycles. The van der Waals surface area contributed by atoms with Gasteiger partial charge in [-0.15, -0.1) is 0 Å². The van der Waals surface area contributed by atoms with Crippen LogP contribution in [0.3, 0.4) is 0 Å². The van der Waals surface area contributed by atoms with E-state index in [-0.39, 0.29) is 0 Å². The molecule has 166 valence electrons. The van der Waals surface area contributed by atoms with Crippen LogP contribution in [0, 0.1) is 0 Å². The highest BCUT2D eigenvalue weighted by molar-refractivity contribution is 9.10. The number of nitrogens with zero attached hydrogens (tertiary/aromatic N) is 4. The molecule has 33 heavy (non-hydrogen) atoms. The lowest BCUT2D eigenvalue weighted by Crippen LogP contribution is -2.24. The van der Waals surface area contributed by atoms with E-state index < -0.39 is 0 Å². The molecule has 5 nitrogen and oxygen atoms in total. The Morgan fingerprint density at radius 2 is 2.00 bits per heavy atom. The second kappa shape index (κ2) is 8.10. The van der Waals surface area contributed by atoms with Crippen LogP contribution in [0.15, 0.2) is 65.0 Å². The van der Waals surface area contributed by atoms with Gasteiger partial charge in [0.15, 0.2) is 5.65 Å². The number of benzene rings is 1. The van der Waals surface area contributed by atoms with Crippen molar-refractivity contribution >= 4 is 33.0 Å². The van der Waals surface area contributed by atoms with E-state index in [4.69, 9.17) is 10.1 Å². The summed E-state index contributed by atoms with van der Waals surface area (Å²) in [5.74, 6) is 1.33. The molecule has 6 rings (SSSR count). The number of halogens is 1. The fourth-order valence-electron chi connectivity index (χ4n) is 5.21. The first kappa shape index (κ1) is 20.6. The molecule has 3 aromatic heterocycles. The molecule has 0 bridgehead atoms. The molecule has 0 saturated heterocycles. The van der Waals surface area contributed by atoms with Gasteiger partial charge in [0.05, 0.1) is 11.9 Å². The predicted molar refractivity (Wildman–Crippen MR) is 136 cm³/mol. The summed E-state index contributed by atoms with van der Waals surface area (Å²) in [6, 6.07) is 13.4. The van der Waals surface area contributed by atoms with E-state index in [0.717, 1.165) is 58.4 Å². The maximum atomic E-state index is 4.99. The largest absolute Gasteiger partial charge is 0.367 e. The number of pyridine rings is 1. The van der Waals surface area contributed by atoms with E-state index in [2.05, 4.69) is 76.5 Å². The van der Waals surface area contributed by atoms with Gasteiger partial charge < -0.3 is 5.32 Å². The summed E-state index contributed by atoms with van der Waals surface area (Å²) in [5, 5.41) is 8.55. The SMILES string of the molecule is CC(C)c1cnn2c(N[C@@H]3CCC4=C(C3)c3ccccc3C4)cc(-c3cncc(Br)c3)nc12. The molecular weight excluding hydrogens is 474 g/mol. The van der Waals surface area contributed by atoms with Crippen LogP contribution < -0.4 is 5.32 Å². The van der Waals surface area contributed by atoms with E-state index in [1.807, 2.05) is 16.9 Å². The lowest BCUT2D eigenvalue weighted by atomic mass is 9.88. The van der Waals surface area contributed by atoms with Crippen molar-refractivity contribution in [1.29, 1.82) is 0 Å². The van der Waals surface area contributed by atoms with Crippen LogP contribution in [0.1, 0.15) is 55.7 Å². The Balaban J connectivity index is 1.38. The van der Waals surface area contributed by atoms with Crippen molar-refractivity contribution in [2.45, 2.75) is 51.5 Å². The van der Waals surface area contributed by atoms with Crippen LogP contribution in [0.5, 0.6) is 0 Å². The highest BCUT2D eigenvalue weighted by Crippen LogP contribution is 2.42. The molecule has 1 N–H and O–H groups in total. The zero-order chi connectivity index (χ0) is 22.5. The van der Waals surface area contributed by atoms with Gasteiger partial charge in [0.25, 0.3) is 0 Å². The lowest BCUT2D eigenvalue weighted by Gasteiger charge is -2.26. The first-order chi connectivity index (χ1) is 16.1. The van der Waals surface area contributed by atoms with Crippen molar-refractivity contribution in [3.8, 4) is 11.3 Å². The standard InChI is InChI=1S/C27H26BrN5/c1-16(2)24-15-30-33-26(12-25(32-27(24)33)19-10-20(28)14-29-13-19)31-21-8-7-18-9-17-5-3-4-6-22(17)23(18)11-21/h3-6,10,12-16,21,31H,7-9,11H2,1-2H3/t21-/m1/s1. The molecule has 1 aromatic carbocycles. The molecule has 0 spiro atoms. The van der Waals surface area contributed by atoms with Crippen LogP contribution in [-0.4, -0.2) is 25.6 Å². The van der Waals surface area contributed by atoms with E-state index in [0.29, 0.717) is 12.0 Å². The number of nitrogens with one attached hydrogen (secondary N) is 1. The highest BCUT2D eigenvalue weighted by Gasteiger charge is 2.28. The minimum Gasteiger partial charge on any atom is -0.367 e. The van der Waals surface area contributed by atoms with Gasteiger partial charge in [-0.05, 0) is 70.3 Å². The first-order valence-electron chi connectivity index (χ1n) is 11.6. The summed E-state index contributed by atoms with van der Waals surface area (Å²) in [4.78, 5) is 9.35. The Morgan fingerprint density at radius 3 is 2.85 bits per heavy atom. The van der Waals surface area contributed by atoms with Crippen LogP contribution >= 0.6 is 15.9 Å². The molecule has 0 fully saturated rings. The normalized spacial score (nSPS) is 17.5. The van der Waals surface area contributed by atoms with Gasteiger partial charge in [0.1, 0.15) is 5.82 Å². The third-order valence-corrected chi connectivity index (χ3v) is 7.33. The lowest BCUT2D eigenvalue weighted by molar-refractivity contribution is 0.629. The van der Waals surface area contributed by atoms with Crippen molar-refractivity contribution in [1.82, 2.24) is 19.6 Å². The zero-order valence-corrected chi connectivity index (χ0v) is 20.4. The summed E-state index contributed by atoms with van der Waals surface area (Å²) in [7, 11) is 0. The Kier molecular flexibility index (Phi) is 5.06. The minimum absolute atomic E-state index is 0.344. The summed E-state index contributed by atoms with van der Waals surface area (Å²) < 4.78 is 2.91. The molecule has 1 atom stereocenters. The molecule has 3 heterocycles. The number of aromatic nitrogens is 4. The Bertz CT molecular complexity index is 1400. The number of fused-ring (bicyclic) bond motifs is 3. The van der Waals surface area contributed by atoms with Crippen molar-refractivity contribution in [2.75, 3.05) is 5.32 Å². The summed E-state index contributed by atoms with van der Waals surface area (Å²) in [6.45, 7) is 4.37. The van der Waals surface area contributed by atoms with Gasteiger partial charge in [-0.1, -0.05) is 43.7 Å². The number of allylic oxidation sites excluding steroid dienone is 1. The van der Waals surface area contributed by atoms with Gasteiger partial charge in [-0.25, -0.2) is 4.98 Å². The molecular formula is C27H26BrN5. The molecule has 4 aromatic rings. The number of anilines is 1. The van der Waals surface area contributed by atoms with Crippen LogP contribution in [-0.2, 0) is 6.42 Å². The molecule has 0 saturated carbocycles. The molecule has 6 heteroatoms. The molecule has 2 aliphatic rings. The second-order valence-electron chi connectivity index (χ2n) is 9.41. The molecule has 0 amide bonds. The Morgan fingerprint density at radius 1 is 1.12 bits per heavy atom. The van der Waals surface area contributed by atoms with Crippen molar-refractivity contribution in [2.24, 2.45) is 0 Å². The fourth-order valence-corrected chi connectivity index (χ4v) is 5.57. The third-order valence-electron chi connectivity index (χ3n) is 6.89. The number of hydrogen-bond acceptors (Lipinski definition) is 4. The maximum absolute atomic E-state index is 4.99. The second-order valence-corrected chi connectivity index (χ2v) is 10.3. The van der Waals surface area contributed by atoms with Gasteiger partial charge >= 0.3 is 0 Å². The average molecular weight is 500 g/mol. The first-order valence-corrected chi connectivity index (χ1v) is 12.4. The Labute approximate surface area is 202 Å². The number of hydrogen-bond donors (Lipinski definition) is 1. The Hall–Kier alpha value is -2.99. The van der Waals surface area contributed by atoms with Crippen molar-refractivity contribution in [3.63, 3.8) is 0 Å². The quantitative estimate of drug-likeness (QED) is 0.341. The molecule has 0 radical (unpaired) electrons. The minimum atomic E-state index is 0.344. The topological polar surface area (TPSA) is 55.1 Å². The van der Waals surface area contributed by atoms with Crippen LogP contribution in [0.2, 0.25) is 0 Å². The van der Waals surface area contributed by atoms with Gasteiger partial charge in [-0.2, -0.15) is 9.61 Å². The summed E-state index contributed by atoms with van der Waals surface area (Å²) in [5.41, 5.74) is 10.0. The third kappa shape index (κ3) is 3.66. The predicted octanol–water partition coefficient (Wildman–Crippen LogP) is 6.65. The van der Waals surface area contributed by atoms with Gasteiger partial charge in [0, 0.05) is 40.1 Å². The van der Waals surface area contributed by atoms with Crippen LogP contribution in [0.25, 0.3) is 22.5 Å². The summed E-state index contributed by atoms with van der Waals surface area (Å²) in [6.07, 6.45) is 10.1. The fraction of sp³-hybridized carbons (Fsp3) is 0.296. The van der Waals surface area contributed by atoms with E-state index in [9.17, 15) is 0 Å². The van der Waals surface area contributed by atoms with E-state index >= 15 is 0 Å². The number of rotatable bonds is 4. The van der Waals surface area contributed by atoms with Crippen LogP contribution in [0.4, 0.5) is 5.82 Å². The molecule has 0 unspecified atom stereocenters. The monoisotopic (exact) mass is 499 g/mol.